The minimum absolute atomic E-state index is 0.0805. The van der Waals surface area contributed by atoms with Gasteiger partial charge in [-0.25, -0.2) is 0 Å². The number of nitrogens with zero attached hydrogens (tertiary/aromatic N) is 1. The molecule has 1 aliphatic heterocycles. The number of likely N-dealkylation sites (tertiary alicyclic amines) is 1. The van der Waals surface area contributed by atoms with E-state index in [-0.39, 0.29) is 19.5 Å². The van der Waals surface area contributed by atoms with E-state index in [1.807, 2.05) is 0 Å². The van der Waals surface area contributed by atoms with E-state index < -0.39 is 24.0 Å². The molecule has 1 N–H and O–H groups in total. The van der Waals surface area contributed by atoms with Crippen molar-refractivity contribution in [1.82, 2.24) is 4.90 Å². The minimum Gasteiger partial charge on any atom is -0.481 e. The number of aliphatic carboxylic acids is 1. The summed E-state index contributed by atoms with van der Waals surface area (Å²) in [6, 6.07) is 0. The van der Waals surface area contributed by atoms with Gasteiger partial charge < -0.3 is 10.0 Å². The Morgan fingerprint density at radius 3 is 2.29 bits per heavy atom. The highest BCUT2D eigenvalue weighted by Gasteiger charge is 2.45. The van der Waals surface area contributed by atoms with Crippen LogP contribution in [0.3, 0.4) is 0 Å². The maximum absolute atomic E-state index is 11.9. The molecule has 1 aliphatic rings. The molecular weight excluding hydrogens is 203 g/mol. The second-order valence-corrected chi connectivity index (χ2v) is 3.07. The minimum atomic E-state index is -4.91. The van der Waals surface area contributed by atoms with Crippen LogP contribution in [0.15, 0.2) is 0 Å². The molecule has 1 saturated heterocycles. The number of halogens is 3. The molecule has 0 aliphatic carbocycles. The number of hydrogen-bond acceptors (Lipinski definition) is 2. The van der Waals surface area contributed by atoms with Crippen LogP contribution in [0.25, 0.3) is 0 Å². The van der Waals surface area contributed by atoms with Crippen LogP contribution >= 0.6 is 0 Å². The average molecular weight is 211 g/mol. The van der Waals surface area contributed by atoms with E-state index in [9.17, 15) is 22.8 Å². The number of carbonyl (C=O) groups is 2. The Kier molecular flexibility index (Phi) is 2.68. The van der Waals surface area contributed by atoms with Gasteiger partial charge in [0.05, 0.1) is 5.92 Å². The lowest BCUT2D eigenvalue weighted by Gasteiger charge is -2.16. The third-order valence-corrected chi connectivity index (χ3v) is 2.07. The van der Waals surface area contributed by atoms with Crippen LogP contribution in [-0.4, -0.2) is 41.1 Å². The monoisotopic (exact) mass is 211 g/mol. The molecule has 1 rings (SSSR count). The van der Waals surface area contributed by atoms with Crippen molar-refractivity contribution in [2.24, 2.45) is 5.92 Å². The molecule has 80 valence electrons. The quantitative estimate of drug-likeness (QED) is 0.686. The lowest BCUT2D eigenvalue weighted by atomic mass is 10.1. The fourth-order valence-electron chi connectivity index (χ4n) is 1.33. The summed E-state index contributed by atoms with van der Waals surface area (Å²) in [5.41, 5.74) is 0. The lowest BCUT2D eigenvalue weighted by Crippen LogP contribution is -2.40. The summed E-state index contributed by atoms with van der Waals surface area (Å²) >= 11 is 0. The molecule has 1 amide bonds. The van der Waals surface area contributed by atoms with Crippen molar-refractivity contribution >= 4 is 11.9 Å². The largest absolute Gasteiger partial charge is 0.481 e. The standard InChI is InChI=1S/C7H8F3NO3/c8-7(9,10)6(14)11-2-1-4(3-11)5(12)13/h4H,1-3H2,(H,12,13)/t4-/m0/s1. The molecule has 0 unspecified atom stereocenters. The highest BCUT2D eigenvalue weighted by Crippen LogP contribution is 2.24. The van der Waals surface area contributed by atoms with Crippen molar-refractivity contribution in [2.45, 2.75) is 12.6 Å². The first kappa shape index (κ1) is 10.8. The van der Waals surface area contributed by atoms with Crippen molar-refractivity contribution in [3.05, 3.63) is 0 Å². The van der Waals surface area contributed by atoms with Crippen molar-refractivity contribution in [1.29, 1.82) is 0 Å². The number of hydrogen-bond donors (Lipinski definition) is 1. The molecule has 7 heteroatoms. The molecule has 4 nitrogen and oxygen atoms in total. The smallest absolute Gasteiger partial charge is 0.471 e. The van der Waals surface area contributed by atoms with Crippen LogP contribution < -0.4 is 0 Å². The molecule has 1 heterocycles. The third-order valence-electron chi connectivity index (χ3n) is 2.07. The first-order valence-electron chi connectivity index (χ1n) is 3.91. The first-order chi connectivity index (χ1) is 6.32. The van der Waals surface area contributed by atoms with Crippen LogP contribution in [0.5, 0.6) is 0 Å². The predicted molar refractivity (Wildman–Crippen MR) is 38.4 cm³/mol. The zero-order valence-corrected chi connectivity index (χ0v) is 7.04. The Bertz CT molecular complexity index is 263. The van der Waals surface area contributed by atoms with Crippen molar-refractivity contribution < 1.29 is 27.9 Å². The predicted octanol–water partition coefficient (Wildman–Crippen LogP) is 0.482. The second-order valence-electron chi connectivity index (χ2n) is 3.07. The zero-order valence-electron chi connectivity index (χ0n) is 7.04. The van der Waals surface area contributed by atoms with Crippen LogP contribution in [0.2, 0.25) is 0 Å². The summed E-state index contributed by atoms with van der Waals surface area (Å²) in [5.74, 6) is -4.00. The Labute approximate surface area is 77.3 Å². The van der Waals surface area contributed by atoms with Crippen LogP contribution in [0, 0.1) is 5.92 Å². The number of carboxylic acids is 1. The molecular formula is C7H8F3NO3. The van der Waals surface area contributed by atoms with Crippen LogP contribution in [0.4, 0.5) is 13.2 Å². The Morgan fingerprint density at radius 2 is 1.93 bits per heavy atom. The van der Waals surface area contributed by atoms with Gasteiger partial charge >= 0.3 is 18.1 Å². The number of carbonyl (C=O) groups excluding carboxylic acids is 1. The van der Waals surface area contributed by atoms with Gasteiger partial charge in [-0.2, -0.15) is 13.2 Å². The number of amides is 1. The molecule has 0 saturated carbocycles. The Morgan fingerprint density at radius 1 is 1.36 bits per heavy atom. The van der Waals surface area contributed by atoms with Crippen LogP contribution in [-0.2, 0) is 9.59 Å². The normalized spacial score (nSPS) is 22.5. The topological polar surface area (TPSA) is 57.6 Å². The van der Waals surface area contributed by atoms with Gasteiger partial charge in [-0.1, -0.05) is 0 Å². The fourth-order valence-corrected chi connectivity index (χ4v) is 1.33. The SMILES string of the molecule is O=C(O)[C@H]1CCN(C(=O)C(F)(F)F)C1. The van der Waals surface area contributed by atoms with Crippen molar-refractivity contribution in [3.63, 3.8) is 0 Å². The van der Waals surface area contributed by atoms with Gasteiger partial charge in [0.15, 0.2) is 0 Å². The van der Waals surface area contributed by atoms with E-state index >= 15 is 0 Å². The van der Waals surface area contributed by atoms with Crippen molar-refractivity contribution in [2.75, 3.05) is 13.1 Å². The summed E-state index contributed by atoms with van der Waals surface area (Å²) in [4.78, 5) is 21.6. The van der Waals surface area contributed by atoms with E-state index in [1.54, 1.807) is 0 Å². The van der Waals surface area contributed by atoms with E-state index in [4.69, 9.17) is 5.11 Å². The van der Waals surface area contributed by atoms with Gasteiger partial charge in [-0.15, -0.1) is 0 Å². The van der Waals surface area contributed by atoms with Gasteiger partial charge in [0.25, 0.3) is 0 Å². The lowest BCUT2D eigenvalue weighted by molar-refractivity contribution is -0.184. The van der Waals surface area contributed by atoms with Gasteiger partial charge in [0.2, 0.25) is 0 Å². The average Bonchev–Trinajstić information content (AvgIpc) is 2.48. The molecule has 14 heavy (non-hydrogen) atoms. The van der Waals surface area contributed by atoms with E-state index in [0.29, 0.717) is 4.90 Å². The van der Waals surface area contributed by atoms with Gasteiger partial charge in [-0.3, -0.25) is 9.59 Å². The Hall–Kier alpha value is -1.27. The molecule has 0 spiro atoms. The maximum atomic E-state index is 11.9. The third kappa shape index (κ3) is 2.15. The van der Waals surface area contributed by atoms with Crippen molar-refractivity contribution in [3.8, 4) is 0 Å². The molecule has 0 bridgehead atoms. The highest BCUT2D eigenvalue weighted by molar-refractivity contribution is 5.83. The van der Waals surface area contributed by atoms with Crippen LogP contribution in [0.1, 0.15) is 6.42 Å². The summed E-state index contributed by atoms with van der Waals surface area (Å²) in [5, 5.41) is 8.50. The van der Waals surface area contributed by atoms with Gasteiger partial charge in [0.1, 0.15) is 0 Å². The first-order valence-corrected chi connectivity index (χ1v) is 3.91. The van der Waals surface area contributed by atoms with E-state index in [1.165, 1.54) is 0 Å². The highest BCUT2D eigenvalue weighted by atomic mass is 19.4. The summed E-state index contributed by atoms with van der Waals surface area (Å²) in [6.45, 7) is -0.497. The molecule has 0 aromatic rings. The summed E-state index contributed by atoms with van der Waals surface area (Å²) in [6.07, 6.45) is -4.83. The number of carboxylic acid groups (broad SMARTS) is 1. The van der Waals surface area contributed by atoms with Gasteiger partial charge in [-0.05, 0) is 6.42 Å². The summed E-state index contributed by atoms with van der Waals surface area (Å²) < 4.78 is 35.7. The fraction of sp³-hybridized carbons (Fsp3) is 0.714. The molecule has 0 radical (unpaired) electrons. The zero-order chi connectivity index (χ0) is 10.9. The molecule has 1 atom stereocenters. The number of rotatable bonds is 1. The van der Waals surface area contributed by atoms with E-state index in [0.717, 1.165) is 0 Å². The Balaban J connectivity index is 2.59. The maximum Gasteiger partial charge on any atom is 0.471 e. The second kappa shape index (κ2) is 3.47. The van der Waals surface area contributed by atoms with Gasteiger partial charge in [0, 0.05) is 13.1 Å². The molecule has 0 aromatic carbocycles. The molecule has 0 aromatic heterocycles. The van der Waals surface area contributed by atoms with E-state index in [2.05, 4.69) is 0 Å². The molecule has 1 fully saturated rings. The number of alkyl halides is 3. The summed E-state index contributed by atoms with van der Waals surface area (Å²) in [7, 11) is 0.